The minimum Gasteiger partial charge on any atom is -0.483 e. The predicted molar refractivity (Wildman–Crippen MR) is 212 cm³/mol. The van der Waals surface area contributed by atoms with Crippen LogP contribution in [0.2, 0.25) is 0 Å². The summed E-state index contributed by atoms with van der Waals surface area (Å²) in [6.45, 7) is 14.2. The number of nitrogens with one attached hydrogen (secondary N) is 1. The van der Waals surface area contributed by atoms with Crippen LogP contribution in [0.4, 0.5) is 0 Å². The highest BCUT2D eigenvalue weighted by Crippen LogP contribution is 2.58. The third-order valence-electron chi connectivity index (χ3n) is 12.2. The number of ether oxygens (including phenoxy) is 2. The smallest absolute Gasteiger partial charge is 0.307 e. The van der Waals surface area contributed by atoms with Crippen LogP contribution in [0.5, 0.6) is 5.75 Å². The molecule has 5 atom stereocenters. The molecular formula is C43H57N3O9S. The van der Waals surface area contributed by atoms with Gasteiger partial charge in [-0.2, -0.15) is 0 Å². The van der Waals surface area contributed by atoms with Gasteiger partial charge in [-0.3, -0.25) is 23.9 Å². The number of esters is 1. The standard InChI is InChI=1S/C43H57N3O9S/c1-7-9-10-11-12-15-28(22-36(49)54-40(3,4)5)38(50)46-27-42(19-18-31-30-16-13-14-17-32(30)44-33(26-47)37(31)55-42)24-34(46)35(48)25-43(23-29(43)8-2)39(51)45-56(52,53)41(6)20-21-41/h7-8,13-14,16-17,28-29,34,47H,1-2,9-12,15,18-27H2,3-6H3,(H,45,51)/t28-,29-,34+,42-,43-/m1/s1. The number of aliphatic hydroxyl groups excluding tert-OH is 1. The fraction of sp³-hybridized carbons (Fsp3) is 0.605. The number of aliphatic hydroxyl groups is 1. The van der Waals surface area contributed by atoms with Crippen molar-refractivity contribution in [2.24, 2.45) is 17.3 Å². The zero-order chi connectivity index (χ0) is 40.7. The van der Waals surface area contributed by atoms with Crippen LogP contribution in [0.1, 0.15) is 116 Å². The van der Waals surface area contributed by atoms with Crippen LogP contribution >= 0.6 is 0 Å². The van der Waals surface area contributed by atoms with Gasteiger partial charge in [0.15, 0.2) is 5.78 Å². The zero-order valence-electron chi connectivity index (χ0n) is 33.2. The summed E-state index contributed by atoms with van der Waals surface area (Å²) in [5.41, 5.74) is -1.13. The monoisotopic (exact) mass is 791 g/mol. The van der Waals surface area contributed by atoms with Crippen molar-refractivity contribution >= 4 is 44.5 Å². The maximum Gasteiger partial charge on any atom is 0.307 e. The van der Waals surface area contributed by atoms with Crippen molar-refractivity contribution in [1.29, 1.82) is 0 Å². The lowest BCUT2D eigenvalue weighted by Gasteiger charge is -2.37. The molecule has 2 aromatic rings. The number of carbonyl (C=O) groups is 4. The Morgan fingerprint density at radius 1 is 1.11 bits per heavy atom. The molecule has 6 rings (SSSR count). The lowest BCUT2D eigenvalue weighted by molar-refractivity contribution is -0.159. The molecule has 2 aliphatic heterocycles. The number of benzene rings is 1. The Hall–Kier alpha value is -4.10. The number of Topliss-reactive ketones (excluding diaryl/α,β-unsaturated/α-hetero) is 1. The average Bonchev–Trinajstić information content (AvgIpc) is 4.04. The van der Waals surface area contributed by atoms with Gasteiger partial charge in [0.1, 0.15) is 22.6 Å². The molecule has 304 valence electrons. The predicted octanol–water partition coefficient (Wildman–Crippen LogP) is 6.03. The SMILES string of the molecule is C=CCCCCC[C@H](CC(=O)OC(C)(C)C)C(=O)N1C[C@@]2(CCc3c(c(CO)nc4ccccc34)O2)C[C@H]1C(=O)C[C@]1(C(=O)NS(=O)(=O)C2(C)CC2)C[C@H]1C=C. The van der Waals surface area contributed by atoms with Crippen molar-refractivity contribution in [2.45, 2.75) is 140 Å². The number of pyridine rings is 1. The molecule has 2 N–H and O–H groups in total. The summed E-state index contributed by atoms with van der Waals surface area (Å²) in [5, 5.41) is 11.3. The van der Waals surface area contributed by atoms with Gasteiger partial charge in [-0.1, -0.05) is 43.2 Å². The number of nitrogens with zero attached hydrogens (tertiary/aromatic N) is 2. The quantitative estimate of drug-likeness (QED) is 0.110. The number of aryl methyl sites for hydroxylation is 1. The molecule has 0 bridgehead atoms. The Balaban J connectivity index is 1.33. The third kappa shape index (κ3) is 8.44. The minimum absolute atomic E-state index is 0.0392. The van der Waals surface area contributed by atoms with Gasteiger partial charge in [0.2, 0.25) is 21.8 Å². The second-order valence-electron chi connectivity index (χ2n) is 17.7. The van der Waals surface area contributed by atoms with Crippen LogP contribution in [-0.2, 0) is 47.0 Å². The lowest BCUT2D eigenvalue weighted by atomic mass is 9.85. The van der Waals surface area contributed by atoms with E-state index in [1.807, 2.05) is 30.3 Å². The number of para-hydroxylation sites is 1. The summed E-state index contributed by atoms with van der Waals surface area (Å²) in [5.74, 6) is -2.77. The van der Waals surface area contributed by atoms with E-state index in [2.05, 4.69) is 22.9 Å². The summed E-state index contributed by atoms with van der Waals surface area (Å²) in [4.78, 5) is 62.8. The highest BCUT2D eigenvalue weighted by molar-refractivity contribution is 7.91. The van der Waals surface area contributed by atoms with E-state index in [1.54, 1.807) is 33.8 Å². The molecule has 2 saturated carbocycles. The number of hydrogen-bond donors (Lipinski definition) is 2. The van der Waals surface area contributed by atoms with Crippen molar-refractivity contribution in [1.82, 2.24) is 14.6 Å². The van der Waals surface area contributed by atoms with Gasteiger partial charge in [-0.05, 0) is 91.0 Å². The van der Waals surface area contributed by atoms with E-state index in [9.17, 15) is 32.7 Å². The number of fused-ring (bicyclic) bond motifs is 3. The molecule has 56 heavy (non-hydrogen) atoms. The van der Waals surface area contributed by atoms with Gasteiger partial charge in [0, 0.05) is 29.7 Å². The fourth-order valence-electron chi connectivity index (χ4n) is 8.53. The van der Waals surface area contributed by atoms with E-state index in [0.717, 1.165) is 35.7 Å². The van der Waals surface area contributed by atoms with Crippen LogP contribution < -0.4 is 9.46 Å². The Morgan fingerprint density at radius 2 is 1.84 bits per heavy atom. The summed E-state index contributed by atoms with van der Waals surface area (Å²) < 4.78 is 40.0. The van der Waals surface area contributed by atoms with E-state index in [-0.39, 0.29) is 50.5 Å². The first-order chi connectivity index (χ1) is 26.4. The molecule has 12 nitrogen and oxygen atoms in total. The first-order valence-corrected chi connectivity index (χ1v) is 21.4. The zero-order valence-corrected chi connectivity index (χ0v) is 34.0. The van der Waals surface area contributed by atoms with Crippen molar-refractivity contribution in [3.8, 4) is 5.75 Å². The molecule has 0 radical (unpaired) electrons. The van der Waals surface area contributed by atoms with E-state index in [4.69, 9.17) is 9.47 Å². The van der Waals surface area contributed by atoms with Gasteiger partial charge in [0.25, 0.3) is 0 Å². The summed E-state index contributed by atoms with van der Waals surface area (Å²) in [6, 6.07) is 6.60. The highest BCUT2D eigenvalue weighted by atomic mass is 32.2. The number of likely N-dealkylation sites (tertiary alicyclic amines) is 1. The molecule has 2 aliphatic carbocycles. The second-order valence-corrected chi connectivity index (χ2v) is 19.9. The molecule has 3 heterocycles. The molecule has 1 aromatic heterocycles. The normalized spacial score (nSPS) is 25.5. The van der Waals surface area contributed by atoms with Crippen LogP contribution in [0.3, 0.4) is 0 Å². The third-order valence-corrected chi connectivity index (χ3v) is 14.4. The Morgan fingerprint density at radius 3 is 2.48 bits per heavy atom. The molecule has 13 heteroatoms. The average molecular weight is 792 g/mol. The number of amides is 2. The molecular weight excluding hydrogens is 735 g/mol. The molecule has 1 aromatic carbocycles. The molecule has 2 amide bonds. The second kappa shape index (κ2) is 15.7. The fourth-order valence-corrected chi connectivity index (χ4v) is 9.87. The number of hydrogen-bond acceptors (Lipinski definition) is 10. The summed E-state index contributed by atoms with van der Waals surface area (Å²) >= 11 is 0. The van der Waals surface area contributed by atoms with Crippen LogP contribution in [0.15, 0.2) is 49.6 Å². The molecule has 3 fully saturated rings. The van der Waals surface area contributed by atoms with Crippen LogP contribution in [-0.4, -0.2) is 75.5 Å². The van der Waals surface area contributed by atoms with Gasteiger partial charge in [-0.25, -0.2) is 13.4 Å². The molecule has 1 saturated heterocycles. The largest absolute Gasteiger partial charge is 0.483 e. The molecule has 0 unspecified atom stereocenters. The minimum atomic E-state index is -3.97. The van der Waals surface area contributed by atoms with E-state index in [1.165, 1.54) is 4.90 Å². The van der Waals surface area contributed by atoms with Crippen molar-refractivity contribution in [3.05, 3.63) is 60.8 Å². The van der Waals surface area contributed by atoms with Gasteiger partial charge in [0.05, 0.1) is 41.3 Å². The number of allylic oxidation sites excluding steroid dienone is 2. The van der Waals surface area contributed by atoms with E-state index >= 15 is 0 Å². The number of unbranched alkanes of at least 4 members (excludes halogenated alkanes) is 3. The maximum atomic E-state index is 14.9. The van der Waals surface area contributed by atoms with Gasteiger partial charge < -0.3 is 19.5 Å². The van der Waals surface area contributed by atoms with Crippen LogP contribution in [0.25, 0.3) is 10.9 Å². The number of carbonyl (C=O) groups excluding carboxylic acids is 4. The number of sulfonamides is 1. The number of rotatable bonds is 17. The highest BCUT2D eigenvalue weighted by Gasteiger charge is 2.63. The van der Waals surface area contributed by atoms with E-state index < -0.39 is 61.1 Å². The summed E-state index contributed by atoms with van der Waals surface area (Å²) in [7, 11) is -3.97. The topological polar surface area (TPSA) is 169 Å². The molecule has 1 spiro atoms. The first kappa shape index (κ1) is 41.5. The lowest BCUT2D eigenvalue weighted by Crippen LogP contribution is -2.48. The summed E-state index contributed by atoms with van der Waals surface area (Å²) in [6.07, 6.45) is 8.82. The Labute approximate surface area is 330 Å². The van der Waals surface area contributed by atoms with Crippen LogP contribution in [0, 0.1) is 17.3 Å². The van der Waals surface area contributed by atoms with Gasteiger partial charge >= 0.3 is 5.97 Å². The van der Waals surface area contributed by atoms with Crippen molar-refractivity contribution < 1.29 is 42.2 Å². The molecule has 4 aliphatic rings. The van der Waals surface area contributed by atoms with Gasteiger partial charge in [-0.15, -0.1) is 13.2 Å². The first-order valence-electron chi connectivity index (χ1n) is 20.0. The number of aromatic nitrogens is 1. The maximum absolute atomic E-state index is 14.9. The number of ketones is 1. The van der Waals surface area contributed by atoms with Crippen molar-refractivity contribution in [3.63, 3.8) is 0 Å². The van der Waals surface area contributed by atoms with Crippen molar-refractivity contribution in [2.75, 3.05) is 6.54 Å². The Kier molecular flexibility index (Phi) is 11.6. The Bertz CT molecular complexity index is 2020. The van der Waals surface area contributed by atoms with E-state index in [0.29, 0.717) is 50.0 Å².